The average Bonchev–Trinajstić information content (AvgIpc) is 3.17. The fraction of sp³-hybridized carbons (Fsp3) is 0.0833. The van der Waals surface area contributed by atoms with Crippen LogP contribution in [0.25, 0.3) is 27.7 Å². The maximum absolute atomic E-state index is 13.3. The summed E-state index contributed by atoms with van der Waals surface area (Å²) in [6.45, 7) is 1.58. The molecule has 9 heteroatoms. The van der Waals surface area contributed by atoms with Gasteiger partial charge in [0.2, 0.25) is 0 Å². The van der Waals surface area contributed by atoms with Crippen molar-refractivity contribution in [3.8, 4) is 16.9 Å². The summed E-state index contributed by atoms with van der Waals surface area (Å²) < 4.78 is 21.4. The van der Waals surface area contributed by atoms with Gasteiger partial charge in [0, 0.05) is 18.0 Å². The molecule has 0 unspecified atom stereocenters. The fourth-order valence-corrected chi connectivity index (χ4v) is 3.65. The van der Waals surface area contributed by atoms with Gasteiger partial charge in [-0.3, -0.25) is 15.0 Å². The quantitative estimate of drug-likeness (QED) is 0.450. The first-order valence-corrected chi connectivity index (χ1v) is 10.1. The largest absolute Gasteiger partial charge is 0.484 e. The van der Waals surface area contributed by atoms with Crippen molar-refractivity contribution >= 4 is 22.5 Å². The Morgan fingerprint density at radius 1 is 1.09 bits per heavy atom. The van der Waals surface area contributed by atoms with Crippen LogP contribution in [0, 0.1) is 12.7 Å². The molecule has 164 valence electrons. The summed E-state index contributed by atoms with van der Waals surface area (Å²) in [6.07, 6.45) is 2.91. The van der Waals surface area contributed by atoms with Gasteiger partial charge in [0.1, 0.15) is 11.6 Å². The zero-order chi connectivity index (χ0) is 22.9. The second-order valence-corrected chi connectivity index (χ2v) is 7.39. The molecule has 0 fully saturated rings. The second kappa shape index (κ2) is 8.19. The number of hydrogen-bond acceptors (Lipinski definition) is 5. The Balaban J connectivity index is 1.47. The molecule has 0 radical (unpaired) electrons. The molecular weight excluding hydrogens is 425 g/mol. The van der Waals surface area contributed by atoms with E-state index in [-0.39, 0.29) is 17.8 Å². The zero-order valence-corrected chi connectivity index (χ0v) is 17.5. The number of benzene rings is 2. The fourth-order valence-electron chi connectivity index (χ4n) is 3.65. The lowest BCUT2D eigenvalue weighted by atomic mass is 10.1. The molecule has 1 N–H and O–H groups in total. The lowest BCUT2D eigenvalue weighted by Crippen LogP contribution is -2.35. The van der Waals surface area contributed by atoms with Crippen molar-refractivity contribution in [3.63, 3.8) is 0 Å². The first-order chi connectivity index (χ1) is 16.0. The maximum Gasteiger partial charge on any atom is 0.280 e. The number of nitrogens with zero attached hydrogens (tertiary/aromatic N) is 4. The van der Waals surface area contributed by atoms with Gasteiger partial charge in [-0.1, -0.05) is 30.3 Å². The minimum absolute atomic E-state index is 0.245. The van der Waals surface area contributed by atoms with Crippen molar-refractivity contribution in [2.75, 3.05) is 12.0 Å². The molecule has 0 atom stereocenters. The number of para-hydroxylation sites is 1. The molecule has 8 nitrogen and oxygen atoms in total. The molecule has 33 heavy (non-hydrogen) atoms. The van der Waals surface area contributed by atoms with Gasteiger partial charge >= 0.3 is 0 Å². The van der Waals surface area contributed by atoms with Crippen LogP contribution in [0.4, 0.5) is 4.39 Å². The smallest absolute Gasteiger partial charge is 0.280 e. The van der Waals surface area contributed by atoms with Crippen molar-refractivity contribution in [3.05, 3.63) is 94.9 Å². The molecule has 5 aromatic rings. The Morgan fingerprint density at radius 2 is 1.85 bits per heavy atom. The zero-order valence-electron chi connectivity index (χ0n) is 17.5. The third kappa shape index (κ3) is 3.80. The maximum atomic E-state index is 13.3. The topological polar surface area (TPSA) is 90.5 Å². The van der Waals surface area contributed by atoms with E-state index in [1.807, 2.05) is 13.0 Å². The van der Waals surface area contributed by atoms with E-state index in [0.717, 1.165) is 15.8 Å². The lowest BCUT2D eigenvalue weighted by molar-refractivity contribution is -0.119. The number of ether oxygens (including phenoxy) is 1. The molecule has 1 amide bonds. The van der Waals surface area contributed by atoms with Crippen LogP contribution in [0.3, 0.4) is 0 Å². The normalized spacial score (nSPS) is 11.1. The Kier molecular flexibility index (Phi) is 5.06. The average molecular weight is 443 g/mol. The van der Waals surface area contributed by atoms with Crippen molar-refractivity contribution in [2.45, 2.75) is 6.92 Å². The van der Waals surface area contributed by atoms with Crippen molar-refractivity contribution in [2.24, 2.45) is 0 Å². The minimum Gasteiger partial charge on any atom is -0.484 e. The highest BCUT2D eigenvalue weighted by Gasteiger charge is 2.17. The summed E-state index contributed by atoms with van der Waals surface area (Å²) in [5, 5.41) is 4.82. The van der Waals surface area contributed by atoms with E-state index < -0.39 is 11.5 Å². The first kappa shape index (κ1) is 20.4. The molecule has 3 aromatic heterocycles. The van der Waals surface area contributed by atoms with Crippen molar-refractivity contribution in [1.82, 2.24) is 19.3 Å². The molecule has 0 aliphatic rings. The first-order valence-electron chi connectivity index (χ1n) is 10.1. The number of rotatable bonds is 5. The van der Waals surface area contributed by atoms with Crippen LogP contribution in [0.2, 0.25) is 0 Å². The van der Waals surface area contributed by atoms with E-state index in [1.165, 1.54) is 24.5 Å². The summed E-state index contributed by atoms with van der Waals surface area (Å²) in [6, 6.07) is 16.7. The van der Waals surface area contributed by atoms with E-state index in [2.05, 4.69) is 15.5 Å². The number of hydrogen-bond donors (Lipinski definition) is 1. The molecule has 5 rings (SSSR count). The highest BCUT2D eigenvalue weighted by atomic mass is 19.1. The molecule has 2 aromatic carbocycles. The molecule has 0 bridgehead atoms. The standard InChI is InChI=1S/C24H18FN5O3/c1-15-22(16-7-9-17(25)10-8-16)23-26-13-19-20(30(23)27-15)11-12-29(24(19)32)28-21(31)14-33-18-5-3-2-4-6-18/h2-13H,14H2,1H3,(H,28,31). The lowest BCUT2D eigenvalue weighted by Gasteiger charge is -2.10. The van der Waals surface area contributed by atoms with E-state index in [1.54, 1.807) is 47.0 Å². The molecule has 3 heterocycles. The number of nitrogens with one attached hydrogen (secondary N) is 1. The Morgan fingerprint density at radius 3 is 2.61 bits per heavy atom. The summed E-state index contributed by atoms with van der Waals surface area (Å²) in [5.41, 5.74) is 5.37. The molecular formula is C24H18FN5O3. The van der Waals surface area contributed by atoms with Crippen LogP contribution >= 0.6 is 0 Å². The van der Waals surface area contributed by atoms with E-state index in [9.17, 15) is 14.0 Å². The molecule has 0 spiro atoms. The van der Waals surface area contributed by atoms with Gasteiger partial charge in [-0.15, -0.1) is 0 Å². The Labute approximate surface area is 186 Å². The molecule has 0 saturated carbocycles. The number of aryl methyl sites for hydroxylation is 1. The van der Waals surface area contributed by atoms with Gasteiger partial charge in [0.15, 0.2) is 12.3 Å². The number of halogens is 1. The molecule has 0 aliphatic heterocycles. The highest BCUT2D eigenvalue weighted by Crippen LogP contribution is 2.28. The van der Waals surface area contributed by atoms with Crippen LogP contribution in [0.5, 0.6) is 5.75 Å². The van der Waals surface area contributed by atoms with Crippen LogP contribution in [-0.2, 0) is 4.79 Å². The monoisotopic (exact) mass is 443 g/mol. The third-order valence-electron chi connectivity index (χ3n) is 5.18. The number of fused-ring (bicyclic) bond motifs is 3. The van der Waals surface area contributed by atoms with Crippen LogP contribution in [0.15, 0.2) is 77.9 Å². The van der Waals surface area contributed by atoms with Crippen molar-refractivity contribution in [1.29, 1.82) is 0 Å². The van der Waals surface area contributed by atoms with Gasteiger partial charge in [0.25, 0.3) is 11.5 Å². The second-order valence-electron chi connectivity index (χ2n) is 7.39. The van der Waals surface area contributed by atoms with Crippen LogP contribution in [0.1, 0.15) is 5.69 Å². The number of carbonyl (C=O) groups excluding carboxylic acids is 1. The number of aromatic nitrogens is 4. The Bertz CT molecular complexity index is 1540. The summed E-state index contributed by atoms with van der Waals surface area (Å²) in [4.78, 5) is 29.7. The predicted molar refractivity (Wildman–Crippen MR) is 121 cm³/mol. The molecule has 0 aliphatic carbocycles. The molecule has 0 saturated heterocycles. The number of amides is 1. The number of carbonyl (C=O) groups is 1. The number of pyridine rings is 1. The third-order valence-corrected chi connectivity index (χ3v) is 5.18. The summed E-state index contributed by atoms with van der Waals surface area (Å²) >= 11 is 0. The van der Waals surface area contributed by atoms with Crippen LogP contribution < -0.4 is 15.7 Å². The van der Waals surface area contributed by atoms with Crippen molar-refractivity contribution < 1.29 is 13.9 Å². The SMILES string of the molecule is Cc1nn2c(ncc3c(=O)n(NC(=O)COc4ccccc4)ccc32)c1-c1ccc(F)cc1. The van der Waals surface area contributed by atoms with E-state index in [0.29, 0.717) is 22.6 Å². The minimum atomic E-state index is -0.483. The van der Waals surface area contributed by atoms with Gasteiger partial charge in [0.05, 0.1) is 16.6 Å². The predicted octanol–water partition coefficient (Wildman–Crippen LogP) is 3.31. The summed E-state index contributed by atoms with van der Waals surface area (Å²) in [7, 11) is 0. The van der Waals surface area contributed by atoms with Crippen LogP contribution in [-0.4, -0.2) is 31.8 Å². The van der Waals surface area contributed by atoms with Gasteiger partial charge in [-0.05, 0) is 42.8 Å². The van der Waals surface area contributed by atoms with E-state index in [4.69, 9.17) is 4.74 Å². The summed E-state index contributed by atoms with van der Waals surface area (Å²) in [5.74, 6) is -0.262. The van der Waals surface area contributed by atoms with Gasteiger partial charge < -0.3 is 4.74 Å². The van der Waals surface area contributed by atoms with E-state index >= 15 is 0 Å². The van der Waals surface area contributed by atoms with Gasteiger partial charge in [-0.2, -0.15) is 5.10 Å². The Hall–Kier alpha value is -4.53. The highest BCUT2D eigenvalue weighted by molar-refractivity contribution is 5.88. The van der Waals surface area contributed by atoms with Gasteiger partial charge in [-0.25, -0.2) is 18.6 Å².